The third kappa shape index (κ3) is 6.73. The van der Waals surface area contributed by atoms with E-state index in [0.29, 0.717) is 37.6 Å². The number of hydrogen-bond donors (Lipinski definition) is 2. The number of aryl methyl sites for hydroxylation is 1. The molecular weight excluding hydrogens is 485 g/mol. The van der Waals surface area contributed by atoms with Crippen molar-refractivity contribution in [2.75, 3.05) is 41.8 Å². The van der Waals surface area contributed by atoms with E-state index in [1.807, 2.05) is 0 Å². The van der Waals surface area contributed by atoms with E-state index in [4.69, 9.17) is 4.74 Å². The fraction of sp³-hybridized carbons (Fsp3) is 0.222. The molecule has 2 N–H and O–H groups in total. The molecule has 1 aromatic heterocycles. The summed E-state index contributed by atoms with van der Waals surface area (Å²) in [6.07, 6.45) is 1.58. The minimum absolute atomic E-state index is 0.0138. The second kappa shape index (κ2) is 11.3. The van der Waals surface area contributed by atoms with Crippen LogP contribution in [0, 0.1) is 6.92 Å². The molecule has 10 heteroatoms. The second-order valence-electron chi connectivity index (χ2n) is 8.42. The summed E-state index contributed by atoms with van der Waals surface area (Å²) in [6, 6.07) is 12.0. The van der Waals surface area contributed by atoms with Gasteiger partial charge in [-0.25, -0.2) is 0 Å². The topological polar surface area (TPSA) is 83.6 Å². The summed E-state index contributed by atoms with van der Waals surface area (Å²) in [6.45, 7) is 3.17. The predicted octanol–water partition coefficient (Wildman–Crippen LogP) is 5.15. The van der Waals surface area contributed by atoms with E-state index >= 15 is 0 Å². The van der Waals surface area contributed by atoms with Gasteiger partial charge < -0.3 is 20.3 Å². The van der Waals surface area contributed by atoms with Gasteiger partial charge in [-0.15, -0.1) is 0 Å². The van der Waals surface area contributed by atoms with Crippen LogP contribution in [0.15, 0.2) is 67.0 Å². The first-order valence-electron chi connectivity index (χ1n) is 11.6. The number of benzene rings is 2. The van der Waals surface area contributed by atoms with Crippen LogP contribution in [0.5, 0.6) is 0 Å². The summed E-state index contributed by atoms with van der Waals surface area (Å²) in [4.78, 5) is 30.8. The first kappa shape index (κ1) is 25.9. The Bertz CT molecular complexity index is 1300. The van der Waals surface area contributed by atoms with Crippen LogP contribution < -0.4 is 15.5 Å². The van der Waals surface area contributed by atoms with E-state index in [1.165, 1.54) is 24.3 Å². The summed E-state index contributed by atoms with van der Waals surface area (Å²) < 4.78 is 46.7. The molecular formula is C27H25F3N4O3. The van der Waals surface area contributed by atoms with Gasteiger partial charge in [-0.2, -0.15) is 13.2 Å². The molecule has 37 heavy (non-hydrogen) atoms. The van der Waals surface area contributed by atoms with Gasteiger partial charge in [0.05, 0.1) is 18.8 Å². The van der Waals surface area contributed by atoms with Crippen LogP contribution in [0.25, 0.3) is 6.08 Å². The van der Waals surface area contributed by atoms with Crippen LogP contribution in [0.2, 0.25) is 0 Å². The normalized spacial score (nSPS) is 14.0. The van der Waals surface area contributed by atoms with E-state index in [2.05, 4.69) is 15.6 Å². The number of alkyl halides is 3. The maximum Gasteiger partial charge on any atom is 0.418 e. The smallest absolute Gasteiger partial charge is 0.378 e. The monoisotopic (exact) mass is 510 g/mol. The molecule has 0 unspecified atom stereocenters. The molecule has 0 radical (unpaired) electrons. The lowest BCUT2D eigenvalue weighted by atomic mass is 10.1. The maximum atomic E-state index is 13.8. The van der Waals surface area contributed by atoms with Gasteiger partial charge >= 0.3 is 6.18 Å². The molecule has 4 rings (SSSR count). The van der Waals surface area contributed by atoms with Gasteiger partial charge in [-0.1, -0.05) is 12.1 Å². The average Bonchev–Trinajstić information content (AvgIpc) is 2.89. The molecule has 0 atom stereocenters. The van der Waals surface area contributed by atoms with Gasteiger partial charge in [0, 0.05) is 54.2 Å². The van der Waals surface area contributed by atoms with Crippen molar-refractivity contribution in [1.29, 1.82) is 0 Å². The van der Waals surface area contributed by atoms with Crippen molar-refractivity contribution in [2.45, 2.75) is 13.1 Å². The van der Waals surface area contributed by atoms with Gasteiger partial charge in [0.15, 0.2) is 0 Å². The molecule has 1 aliphatic rings. The van der Waals surface area contributed by atoms with Crippen molar-refractivity contribution in [2.24, 2.45) is 0 Å². The quantitative estimate of drug-likeness (QED) is 0.448. The van der Waals surface area contributed by atoms with Crippen molar-refractivity contribution in [3.05, 3.63) is 89.3 Å². The number of pyridine rings is 1. The molecule has 2 aromatic carbocycles. The zero-order chi connectivity index (χ0) is 26.4. The van der Waals surface area contributed by atoms with E-state index in [-0.39, 0.29) is 16.9 Å². The summed E-state index contributed by atoms with van der Waals surface area (Å²) >= 11 is 0. The van der Waals surface area contributed by atoms with E-state index in [1.54, 1.807) is 54.6 Å². The largest absolute Gasteiger partial charge is 0.418 e. The molecule has 1 aliphatic heterocycles. The number of halogens is 3. The Morgan fingerprint density at radius 1 is 1.05 bits per heavy atom. The fourth-order valence-corrected chi connectivity index (χ4v) is 3.84. The first-order valence-corrected chi connectivity index (χ1v) is 11.6. The van der Waals surface area contributed by atoms with Gasteiger partial charge in [0.1, 0.15) is 0 Å². The highest BCUT2D eigenvalue weighted by Crippen LogP contribution is 2.38. The SMILES string of the molecule is Cc1ccc(C(=O)Nc2ccc(N3CCOCC3)c(C(F)(F)F)c2)cc1NC(=O)C=Cc1cccnc1. The Morgan fingerprint density at radius 3 is 2.54 bits per heavy atom. The van der Waals surface area contributed by atoms with Crippen molar-refractivity contribution in [3.8, 4) is 0 Å². The summed E-state index contributed by atoms with van der Waals surface area (Å²) in [5, 5.41) is 5.25. The Kier molecular flexibility index (Phi) is 7.88. The molecule has 192 valence electrons. The van der Waals surface area contributed by atoms with Crippen molar-refractivity contribution in [1.82, 2.24) is 4.98 Å². The molecule has 2 heterocycles. The fourth-order valence-electron chi connectivity index (χ4n) is 3.84. The molecule has 0 saturated carbocycles. The summed E-state index contributed by atoms with van der Waals surface area (Å²) in [7, 11) is 0. The van der Waals surface area contributed by atoms with Crippen LogP contribution in [-0.2, 0) is 15.7 Å². The highest BCUT2D eigenvalue weighted by atomic mass is 19.4. The molecule has 2 amide bonds. The number of amides is 2. The Balaban J connectivity index is 1.49. The number of morpholine rings is 1. The molecule has 1 fully saturated rings. The molecule has 1 saturated heterocycles. The second-order valence-corrected chi connectivity index (χ2v) is 8.42. The molecule has 3 aromatic rings. The van der Waals surface area contributed by atoms with Crippen molar-refractivity contribution in [3.63, 3.8) is 0 Å². The number of carbonyl (C=O) groups is 2. The molecule has 7 nitrogen and oxygen atoms in total. The Labute approximate surface area is 212 Å². The number of rotatable bonds is 6. The van der Waals surface area contributed by atoms with Crippen LogP contribution >= 0.6 is 0 Å². The van der Waals surface area contributed by atoms with Crippen molar-refractivity contribution >= 4 is 35.0 Å². The molecule has 0 spiro atoms. The zero-order valence-corrected chi connectivity index (χ0v) is 20.0. The lowest BCUT2D eigenvalue weighted by Gasteiger charge is -2.31. The maximum absolute atomic E-state index is 13.8. The molecule has 0 bridgehead atoms. The minimum Gasteiger partial charge on any atom is -0.378 e. The van der Waals surface area contributed by atoms with Crippen LogP contribution in [0.3, 0.4) is 0 Å². The summed E-state index contributed by atoms with van der Waals surface area (Å²) in [5.41, 5.74) is 1.29. The van der Waals surface area contributed by atoms with E-state index < -0.39 is 23.6 Å². The molecule has 0 aliphatic carbocycles. The number of anilines is 3. The standard InChI is InChI=1S/C27H25F3N4O3/c1-18-4-6-20(15-23(18)33-25(35)9-5-19-3-2-10-31-17-19)26(36)32-21-7-8-24(22(16-21)27(28,29)30)34-11-13-37-14-12-34/h2-10,15-17H,11-14H2,1H3,(H,32,36)(H,33,35). The highest BCUT2D eigenvalue weighted by Gasteiger charge is 2.35. The van der Waals surface area contributed by atoms with Gasteiger partial charge in [0.25, 0.3) is 5.91 Å². The Hall–Kier alpha value is -4.18. The van der Waals surface area contributed by atoms with Gasteiger partial charge in [0.2, 0.25) is 5.91 Å². The number of nitrogens with one attached hydrogen (secondary N) is 2. The number of nitrogens with zero attached hydrogens (tertiary/aromatic N) is 2. The average molecular weight is 511 g/mol. The van der Waals surface area contributed by atoms with Gasteiger partial charge in [-0.05, 0) is 60.5 Å². The lowest BCUT2D eigenvalue weighted by Crippen LogP contribution is -2.37. The van der Waals surface area contributed by atoms with E-state index in [9.17, 15) is 22.8 Å². The van der Waals surface area contributed by atoms with Crippen molar-refractivity contribution < 1.29 is 27.5 Å². The number of hydrogen-bond acceptors (Lipinski definition) is 5. The lowest BCUT2D eigenvalue weighted by molar-refractivity contribution is -0.137. The first-order chi connectivity index (χ1) is 17.7. The van der Waals surface area contributed by atoms with Crippen LogP contribution in [-0.4, -0.2) is 43.1 Å². The highest BCUT2D eigenvalue weighted by molar-refractivity contribution is 6.07. The van der Waals surface area contributed by atoms with E-state index in [0.717, 1.165) is 11.6 Å². The predicted molar refractivity (Wildman–Crippen MR) is 136 cm³/mol. The Morgan fingerprint density at radius 2 is 1.84 bits per heavy atom. The summed E-state index contributed by atoms with van der Waals surface area (Å²) in [5.74, 6) is -1.01. The number of carbonyl (C=O) groups excluding carboxylic acids is 2. The number of ether oxygens (including phenoxy) is 1. The van der Waals surface area contributed by atoms with Crippen LogP contribution in [0.4, 0.5) is 30.2 Å². The third-order valence-corrected chi connectivity index (χ3v) is 5.78. The van der Waals surface area contributed by atoms with Crippen LogP contribution in [0.1, 0.15) is 27.0 Å². The minimum atomic E-state index is -4.60. The van der Waals surface area contributed by atoms with Gasteiger partial charge in [-0.3, -0.25) is 14.6 Å². The number of aromatic nitrogens is 1. The third-order valence-electron chi connectivity index (χ3n) is 5.78. The zero-order valence-electron chi connectivity index (χ0n) is 20.0.